The summed E-state index contributed by atoms with van der Waals surface area (Å²) in [5.74, 6) is 0. The van der Waals surface area contributed by atoms with E-state index in [4.69, 9.17) is 18.3 Å². The molecule has 0 rings (SSSR count). The third-order valence-electron chi connectivity index (χ3n) is 0.816. The van der Waals surface area contributed by atoms with E-state index >= 15 is 0 Å². The van der Waals surface area contributed by atoms with Gasteiger partial charge in [0.1, 0.15) is 5.72 Å². The highest BCUT2D eigenvalue weighted by Crippen LogP contribution is 2.19. The van der Waals surface area contributed by atoms with E-state index in [-0.39, 0.29) is 5.31 Å². The molecule has 0 saturated carbocycles. The second kappa shape index (κ2) is 2.93. The van der Waals surface area contributed by atoms with E-state index in [1.165, 1.54) is 0 Å². The van der Waals surface area contributed by atoms with Gasteiger partial charge in [0.15, 0.2) is 0 Å². The van der Waals surface area contributed by atoms with Crippen LogP contribution in [-0.4, -0.2) is 20.2 Å². The number of nitrogens with two attached hydrogens (primary N) is 1. The summed E-state index contributed by atoms with van der Waals surface area (Å²) in [7, 11) is 5.66. The first-order valence-electron chi connectivity index (χ1n) is 3.42. The molecule has 0 saturated heterocycles. The topological polar surface area (TPSA) is 35.2 Å². The van der Waals surface area contributed by atoms with Crippen molar-refractivity contribution in [2.75, 3.05) is 6.61 Å². The molecule has 0 heterocycles. The third kappa shape index (κ3) is 7.98. The van der Waals surface area contributed by atoms with E-state index in [1.54, 1.807) is 13.8 Å². The molecule has 0 aliphatic heterocycles. The number of ether oxygens (including phenoxy) is 1. The molecule has 3 heteroatoms. The lowest BCUT2D eigenvalue weighted by atomic mass is 9.73. The zero-order valence-electron chi connectivity index (χ0n) is 7.27. The molecule has 58 valence electrons. The summed E-state index contributed by atoms with van der Waals surface area (Å²) in [6, 6.07) is 0. The maximum Gasteiger partial charge on any atom is 0.111 e. The van der Waals surface area contributed by atoms with Gasteiger partial charge in [0, 0.05) is 6.61 Å². The van der Waals surface area contributed by atoms with Gasteiger partial charge in [0.25, 0.3) is 0 Å². The number of hydrogen-bond acceptors (Lipinski definition) is 2. The van der Waals surface area contributed by atoms with Crippen LogP contribution < -0.4 is 5.73 Å². The molecule has 0 aliphatic rings. The predicted molar refractivity (Wildman–Crippen MR) is 44.0 cm³/mol. The van der Waals surface area contributed by atoms with Gasteiger partial charge in [-0.2, -0.15) is 0 Å². The molecule has 0 atom stereocenters. The normalized spacial score (nSPS) is 13.7. The molecule has 2 N–H and O–H groups in total. The molecular weight excluding hydrogens is 125 g/mol. The summed E-state index contributed by atoms with van der Waals surface area (Å²) in [5, 5.41) is -0.295. The van der Waals surface area contributed by atoms with E-state index in [1.807, 2.05) is 13.8 Å². The van der Waals surface area contributed by atoms with Crippen molar-refractivity contribution in [2.45, 2.75) is 38.7 Å². The van der Waals surface area contributed by atoms with E-state index in [0.29, 0.717) is 6.61 Å². The Morgan fingerprint density at radius 1 is 1.30 bits per heavy atom. The lowest BCUT2D eigenvalue weighted by molar-refractivity contribution is -0.0226. The Morgan fingerprint density at radius 3 is 1.80 bits per heavy atom. The van der Waals surface area contributed by atoms with Crippen molar-refractivity contribution in [2.24, 2.45) is 5.73 Å². The van der Waals surface area contributed by atoms with Crippen molar-refractivity contribution in [3.05, 3.63) is 0 Å². The minimum Gasteiger partial charge on any atom is -0.362 e. The first-order valence-corrected chi connectivity index (χ1v) is 3.42. The van der Waals surface area contributed by atoms with Crippen LogP contribution in [0.2, 0.25) is 5.31 Å². The van der Waals surface area contributed by atoms with Crippen LogP contribution in [0.1, 0.15) is 27.7 Å². The van der Waals surface area contributed by atoms with Gasteiger partial charge in [-0.05, 0) is 19.2 Å². The Balaban J connectivity index is 3.56. The fourth-order valence-electron chi connectivity index (χ4n) is 0.372. The zero-order valence-corrected chi connectivity index (χ0v) is 7.27. The van der Waals surface area contributed by atoms with E-state index in [0.717, 1.165) is 0 Å². The van der Waals surface area contributed by atoms with Crippen LogP contribution in [-0.2, 0) is 4.74 Å². The van der Waals surface area contributed by atoms with Crippen LogP contribution in [0, 0.1) is 0 Å². The van der Waals surface area contributed by atoms with Gasteiger partial charge >= 0.3 is 0 Å². The molecule has 0 amide bonds. The van der Waals surface area contributed by atoms with Crippen LogP contribution >= 0.6 is 0 Å². The second-order valence-corrected chi connectivity index (χ2v) is 3.88. The van der Waals surface area contributed by atoms with Gasteiger partial charge in [0.05, 0.1) is 7.85 Å². The molecule has 0 aromatic carbocycles. The van der Waals surface area contributed by atoms with Crippen molar-refractivity contribution < 1.29 is 4.74 Å². The Bertz CT molecular complexity index is 87.2. The Kier molecular flexibility index (Phi) is 2.92. The summed E-state index contributed by atoms with van der Waals surface area (Å²) in [5.41, 5.74) is 4.99. The molecule has 0 bridgehead atoms. The molecule has 0 fully saturated rings. The lowest BCUT2D eigenvalue weighted by Gasteiger charge is -2.26. The summed E-state index contributed by atoms with van der Waals surface area (Å²) >= 11 is 0. The smallest absolute Gasteiger partial charge is 0.111 e. The standard InChI is InChI=1S/C7H16BNO/c1-6(2,8)5-10-7(3,4)9/h5,9H2,1-4H3. The van der Waals surface area contributed by atoms with Crippen LogP contribution in [0.15, 0.2) is 0 Å². The minimum absolute atomic E-state index is 0.295. The largest absolute Gasteiger partial charge is 0.362 e. The maximum absolute atomic E-state index is 5.66. The molecule has 2 radical (unpaired) electrons. The molecule has 0 aromatic rings. The fourth-order valence-corrected chi connectivity index (χ4v) is 0.372. The Labute approximate surface area is 64.5 Å². The highest BCUT2D eigenvalue weighted by Gasteiger charge is 2.16. The third-order valence-corrected chi connectivity index (χ3v) is 0.816. The minimum atomic E-state index is -0.573. The van der Waals surface area contributed by atoms with Gasteiger partial charge in [-0.1, -0.05) is 13.8 Å². The molecule has 2 nitrogen and oxygen atoms in total. The van der Waals surface area contributed by atoms with Crippen molar-refractivity contribution in [3.63, 3.8) is 0 Å². The maximum atomic E-state index is 5.66. The van der Waals surface area contributed by atoms with Gasteiger partial charge in [-0.25, -0.2) is 0 Å². The van der Waals surface area contributed by atoms with Gasteiger partial charge in [0.2, 0.25) is 0 Å². The SMILES string of the molecule is [B]C(C)(C)COC(C)(C)N. The van der Waals surface area contributed by atoms with Crippen molar-refractivity contribution >= 4 is 7.85 Å². The average molecular weight is 141 g/mol. The number of hydrogen-bond donors (Lipinski definition) is 1. The zero-order chi connectivity index (χ0) is 8.41. The molecule has 0 spiro atoms. The van der Waals surface area contributed by atoms with E-state index in [2.05, 4.69) is 0 Å². The fraction of sp³-hybridized carbons (Fsp3) is 1.00. The molecule has 0 unspecified atom stereocenters. The van der Waals surface area contributed by atoms with Crippen LogP contribution in [0.3, 0.4) is 0 Å². The first kappa shape index (κ1) is 9.98. The van der Waals surface area contributed by atoms with Gasteiger partial charge < -0.3 is 10.5 Å². The summed E-state index contributed by atoms with van der Waals surface area (Å²) < 4.78 is 5.25. The second-order valence-electron chi connectivity index (χ2n) is 3.88. The lowest BCUT2D eigenvalue weighted by Crippen LogP contribution is -2.37. The number of rotatable bonds is 3. The molecule has 10 heavy (non-hydrogen) atoms. The Hall–Kier alpha value is -0.0151. The highest BCUT2D eigenvalue weighted by atomic mass is 16.5. The van der Waals surface area contributed by atoms with Crippen molar-refractivity contribution in [1.82, 2.24) is 0 Å². The predicted octanol–water partition coefficient (Wildman–Crippen LogP) is 1.06. The van der Waals surface area contributed by atoms with Crippen LogP contribution in [0.4, 0.5) is 0 Å². The average Bonchev–Trinajstić information content (AvgIpc) is 1.57. The summed E-state index contributed by atoms with van der Waals surface area (Å²) in [6.45, 7) is 7.89. The van der Waals surface area contributed by atoms with Crippen molar-refractivity contribution in [1.29, 1.82) is 0 Å². The van der Waals surface area contributed by atoms with E-state index < -0.39 is 5.72 Å². The van der Waals surface area contributed by atoms with Gasteiger partial charge in [-0.3, -0.25) is 0 Å². The summed E-state index contributed by atoms with van der Waals surface area (Å²) in [6.07, 6.45) is 0. The van der Waals surface area contributed by atoms with Gasteiger partial charge in [-0.15, -0.1) is 0 Å². The quantitative estimate of drug-likeness (QED) is 0.471. The first-order chi connectivity index (χ1) is 4.21. The molecule has 0 aliphatic carbocycles. The molecular formula is C7H16BNO. The monoisotopic (exact) mass is 141 g/mol. The van der Waals surface area contributed by atoms with Crippen LogP contribution in [0.25, 0.3) is 0 Å². The molecule has 0 aromatic heterocycles. The van der Waals surface area contributed by atoms with Crippen LogP contribution in [0.5, 0.6) is 0 Å². The highest BCUT2D eigenvalue weighted by molar-refractivity contribution is 6.14. The Morgan fingerprint density at radius 2 is 1.70 bits per heavy atom. The summed E-state index contributed by atoms with van der Waals surface area (Å²) in [4.78, 5) is 0. The van der Waals surface area contributed by atoms with Crippen molar-refractivity contribution in [3.8, 4) is 0 Å². The van der Waals surface area contributed by atoms with E-state index in [9.17, 15) is 0 Å².